The van der Waals surface area contributed by atoms with E-state index in [1.54, 1.807) is 11.3 Å². The van der Waals surface area contributed by atoms with Crippen molar-refractivity contribution in [2.24, 2.45) is 0 Å². The Balaban J connectivity index is 1.07. The summed E-state index contributed by atoms with van der Waals surface area (Å²) < 4.78 is 15.1. The maximum Gasteiger partial charge on any atom is 0.164 e. The molecule has 0 saturated carbocycles. The molecule has 0 aliphatic heterocycles. The lowest BCUT2D eigenvalue weighted by atomic mass is 10.00. The smallest absolute Gasteiger partial charge is 0.164 e. The van der Waals surface area contributed by atoms with Crippen LogP contribution in [0.3, 0.4) is 0 Å². The number of nitrogens with zero attached hydrogens (tertiary/aromatic N) is 3. The number of benzene rings is 7. The van der Waals surface area contributed by atoms with Gasteiger partial charge in [0.25, 0.3) is 0 Å². The van der Waals surface area contributed by atoms with E-state index in [-0.39, 0.29) is 0 Å². The van der Waals surface area contributed by atoms with Crippen LogP contribution in [0.1, 0.15) is 0 Å². The maximum atomic E-state index is 6.45. The molecule has 0 unspecified atom stereocenters. The number of para-hydroxylation sites is 3. The van der Waals surface area contributed by atoms with Gasteiger partial charge in [0.05, 0.1) is 0 Å². The van der Waals surface area contributed by atoms with Gasteiger partial charge >= 0.3 is 0 Å². The van der Waals surface area contributed by atoms with Crippen LogP contribution >= 0.6 is 11.3 Å². The summed E-state index contributed by atoms with van der Waals surface area (Å²) in [6.07, 6.45) is 0. The molecule has 0 radical (unpaired) electrons. The minimum absolute atomic E-state index is 0.596. The number of hydrogen-bond donors (Lipinski definition) is 0. The van der Waals surface area contributed by atoms with Crippen molar-refractivity contribution in [1.82, 2.24) is 15.0 Å². The van der Waals surface area contributed by atoms with Crippen molar-refractivity contribution < 1.29 is 8.83 Å². The summed E-state index contributed by atoms with van der Waals surface area (Å²) in [5.74, 6) is 1.84. The molecule has 238 valence electrons. The SMILES string of the molecule is c1ccc(-c2nc(-c3ccc4c(c3)oc3ccccc34)nc(-c3ccc4c(c3)sc3c(-c5cccc6c5oc5ccccc56)cccc34)n2)cc1. The predicted molar refractivity (Wildman–Crippen MR) is 209 cm³/mol. The van der Waals surface area contributed by atoms with Gasteiger partial charge in [-0.25, -0.2) is 15.0 Å². The van der Waals surface area contributed by atoms with Gasteiger partial charge in [0.2, 0.25) is 0 Å². The van der Waals surface area contributed by atoms with Gasteiger partial charge in [0.1, 0.15) is 22.3 Å². The third-order valence-corrected chi connectivity index (χ3v) is 11.0. The van der Waals surface area contributed by atoms with E-state index in [0.717, 1.165) is 71.7 Å². The lowest BCUT2D eigenvalue weighted by Gasteiger charge is -2.08. The van der Waals surface area contributed by atoms with Gasteiger partial charge in [-0.3, -0.25) is 0 Å². The zero-order valence-corrected chi connectivity index (χ0v) is 27.8. The van der Waals surface area contributed by atoms with E-state index >= 15 is 0 Å². The molecule has 0 aliphatic carbocycles. The Hall–Kier alpha value is -6.63. The molecule has 0 saturated heterocycles. The Morgan fingerprint density at radius 1 is 0.373 bits per heavy atom. The molecule has 0 fully saturated rings. The minimum atomic E-state index is 0.596. The normalized spacial score (nSPS) is 11.9. The lowest BCUT2D eigenvalue weighted by Crippen LogP contribution is -2.00. The fourth-order valence-corrected chi connectivity index (χ4v) is 8.59. The Morgan fingerprint density at radius 3 is 1.73 bits per heavy atom. The van der Waals surface area contributed by atoms with E-state index in [1.165, 1.54) is 20.2 Å². The fraction of sp³-hybridized carbons (Fsp3) is 0. The highest BCUT2D eigenvalue weighted by Crippen LogP contribution is 2.44. The molecule has 7 aromatic carbocycles. The second-order valence-corrected chi connectivity index (χ2v) is 13.8. The van der Waals surface area contributed by atoms with Crippen molar-refractivity contribution in [2.75, 3.05) is 0 Å². The molecule has 4 aromatic heterocycles. The second-order valence-electron chi connectivity index (χ2n) is 12.8. The minimum Gasteiger partial charge on any atom is -0.456 e. The molecule has 6 heteroatoms. The van der Waals surface area contributed by atoms with Gasteiger partial charge in [-0.2, -0.15) is 0 Å². The summed E-state index contributed by atoms with van der Waals surface area (Å²) in [6.45, 7) is 0. The third kappa shape index (κ3) is 4.43. The molecule has 0 atom stereocenters. The first-order valence-electron chi connectivity index (χ1n) is 16.8. The van der Waals surface area contributed by atoms with Gasteiger partial charge in [-0.1, -0.05) is 121 Å². The number of thiophene rings is 1. The Kier molecular flexibility index (Phi) is 6.05. The Labute approximate surface area is 295 Å². The van der Waals surface area contributed by atoms with Crippen molar-refractivity contribution in [3.05, 3.63) is 152 Å². The van der Waals surface area contributed by atoms with Crippen molar-refractivity contribution in [3.8, 4) is 45.3 Å². The van der Waals surface area contributed by atoms with Crippen LogP contribution in [0.4, 0.5) is 0 Å². The van der Waals surface area contributed by atoms with Gasteiger partial charge in [-0.15, -0.1) is 11.3 Å². The lowest BCUT2D eigenvalue weighted by molar-refractivity contribution is 0.669. The average molecular weight is 672 g/mol. The molecule has 0 N–H and O–H groups in total. The van der Waals surface area contributed by atoms with Crippen molar-refractivity contribution in [1.29, 1.82) is 0 Å². The molecule has 0 aliphatic rings. The summed E-state index contributed by atoms with van der Waals surface area (Å²) in [6, 6.07) is 52.1. The van der Waals surface area contributed by atoms with Crippen LogP contribution in [-0.4, -0.2) is 15.0 Å². The summed E-state index contributed by atoms with van der Waals surface area (Å²) in [7, 11) is 0. The van der Waals surface area contributed by atoms with Crippen LogP contribution in [0.15, 0.2) is 160 Å². The molecular weight excluding hydrogens is 647 g/mol. The standard InChI is InChI=1S/C45H25N3O2S/c1-2-10-26(11-3-1)43-46-44(27-20-22-31-29-12-4-6-18-37(29)49-39(31)24-27)48-45(47-43)28-21-23-32-35-16-9-17-36(42(35)51-40(32)25-28)34-15-8-14-33-30-13-5-7-19-38(30)50-41(33)34/h1-25H. The highest BCUT2D eigenvalue weighted by molar-refractivity contribution is 7.26. The first-order valence-corrected chi connectivity index (χ1v) is 17.7. The van der Waals surface area contributed by atoms with E-state index in [4.69, 9.17) is 23.8 Å². The van der Waals surface area contributed by atoms with Crippen LogP contribution in [0, 0.1) is 0 Å². The monoisotopic (exact) mass is 671 g/mol. The van der Waals surface area contributed by atoms with E-state index < -0.39 is 0 Å². The van der Waals surface area contributed by atoms with Crippen LogP contribution in [0.25, 0.3) is 109 Å². The highest BCUT2D eigenvalue weighted by Gasteiger charge is 2.18. The molecule has 0 bridgehead atoms. The second kappa shape index (κ2) is 10.9. The van der Waals surface area contributed by atoms with E-state index in [2.05, 4.69) is 84.9 Å². The van der Waals surface area contributed by atoms with Crippen molar-refractivity contribution in [2.45, 2.75) is 0 Å². The van der Waals surface area contributed by atoms with E-state index in [0.29, 0.717) is 17.5 Å². The molecular formula is C45H25N3O2S. The van der Waals surface area contributed by atoms with Crippen molar-refractivity contribution in [3.63, 3.8) is 0 Å². The largest absolute Gasteiger partial charge is 0.456 e. The number of rotatable bonds is 4. The summed E-state index contributed by atoms with van der Waals surface area (Å²) in [5, 5.41) is 6.83. The number of fused-ring (bicyclic) bond motifs is 9. The van der Waals surface area contributed by atoms with Gasteiger partial charge in [0.15, 0.2) is 17.5 Å². The molecule has 11 aromatic rings. The quantitative estimate of drug-likeness (QED) is 0.186. The van der Waals surface area contributed by atoms with E-state index in [1.807, 2.05) is 66.7 Å². The highest BCUT2D eigenvalue weighted by atomic mass is 32.1. The van der Waals surface area contributed by atoms with Crippen LogP contribution < -0.4 is 0 Å². The summed E-state index contributed by atoms with van der Waals surface area (Å²) >= 11 is 1.79. The topological polar surface area (TPSA) is 65.0 Å². The maximum absolute atomic E-state index is 6.45. The number of furan rings is 2. The van der Waals surface area contributed by atoms with Crippen molar-refractivity contribution >= 4 is 75.4 Å². The van der Waals surface area contributed by atoms with Gasteiger partial charge in [0, 0.05) is 69.5 Å². The molecule has 11 rings (SSSR count). The first-order chi connectivity index (χ1) is 25.2. The zero-order valence-electron chi connectivity index (χ0n) is 27.0. The molecule has 51 heavy (non-hydrogen) atoms. The van der Waals surface area contributed by atoms with Gasteiger partial charge in [-0.05, 0) is 30.3 Å². The van der Waals surface area contributed by atoms with E-state index in [9.17, 15) is 0 Å². The van der Waals surface area contributed by atoms with Crippen LogP contribution in [-0.2, 0) is 0 Å². The first kappa shape index (κ1) is 28.2. The third-order valence-electron chi connectivity index (χ3n) is 9.76. The molecule has 5 nitrogen and oxygen atoms in total. The number of aromatic nitrogens is 3. The fourth-order valence-electron chi connectivity index (χ4n) is 7.32. The summed E-state index contributed by atoms with van der Waals surface area (Å²) in [5.41, 5.74) is 8.47. The average Bonchev–Trinajstić information content (AvgIpc) is 3.88. The predicted octanol–water partition coefficient (Wildman–Crippen LogP) is 12.7. The Morgan fingerprint density at radius 2 is 0.941 bits per heavy atom. The summed E-state index contributed by atoms with van der Waals surface area (Å²) in [4.78, 5) is 15.1. The molecule has 0 amide bonds. The zero-order chi connectivity index (χ0) is 33.5. The Bertz CT molecular complexity index is 3160. The number of hydrogen-bond acceptors (Lipinski definition) is 6. The van der Waals surface area contributed by atoms with Gasteiger partial charge < -0.3 is 8.83 Å². The van der Waals surface area contributed by atoms with Crippen LogP contribution in [0.5, 0.6) is 0 Å². The molecule has 0 spiro atoms. The molecule has 4 heterocycles. The van der Waals surface area contributed by atoms with Crippen LogP contribution in [0.2, 0.25) is 0 Å².